The second-order valence-corrected chi connectivity index (χ2v) is 7.98. The molecule has 0 aliphatic rings. The lowest BCUT2D eigenvalue weighted by atomic mass is 10.2. The average Bonchev–Trinajstić information content (AvgIpc) is 3.12. The molecule has 5 nitrogen and oxygen atoms in total. The fourth-order valence-electron chi connectivity index (χ4n) is 2.40. The minimum atomic E-state index is -0.511. The lowest BCUT2D eigenvalue weighted by Gasteiger charge is -2.11. The third kappa shape index (κ3) is 5.68. The van der Waals surface area contributed by atoms with Crippen LogP contribution in [-0.2, 0) is 4.79 Å². The van der Waals surface area contributed by atoms with Crippen LogP contribution in [0.15, 0.2) is 53.0 Å². The smallest absolute Gasteiger partial charge is 0.250 e. The van der Waals surface area contributed by atoms with Gasteiger partial charge < -0.3 is 14.8 Å². The molecule has 0 aliphatic heterocycles. The number of amides is 1. The van der Waals surface area contributed by atoms with Crippen molar-refractivity contribution in [1.29, 1.82) is 0 Å². The summed E-state index contributed by atoms with van der Waals surface area (Å²) in [6.07, 6.45) is 2.71. The third-order valence-electron chi connectivity index (χ3n) is 3.74. The number of rotatable bonds is 4. The summed E-state index contributed by atoms with van der Waals surface area (Å²) in [5, 5.41) is 16.3. The molecule has 3 aromatic rings. The predicted octanol–water partition coefficient (Wildman–Crippen LogP) is 6.79. The number of benzene rings is 2. The van der Waals surface area contributed by atoms with E-state index in [9.17, 15) is 9.90 Å². The molecule has 0 fully saturated rings. The zero-order chi connectivity index (χ0) is 21.8. The van der Waals surface area contributed by atoms with E-state index < -0.39 is 5.91 Å². The van der Waals surface area contributed by atoms with Crippen molar-refractivity contribution in [1.82, 2.24) is 5.32 Å². The van der Waals surface area contributed by atoms with E-state index in [2.05, 4.69) is 10.6 Å². The Bertz CT molecular complexity index is 1160. The highest BCUT2D eigenvalue weighted by Crippen LogP contribution is 2.35. The molecular formula is C20H12Cl4N2O3S. The fraction of sp³-hybridized carbons (Fsp3) is 0. The highest BCUT2D eigenvalue weighted by molar-refractivity contribution is 7.80. The van der Waals surface area contributed by atoms with Gasteiger partial charge in [0.1, 0.15) is 11.5 Å². The first kappa shape index (κ1) is 22.5. The number of anilines is 1. The number of carbonyl (C=O) groups excluding carboxylic acids is 1. The maximum atomic E-state index is 12.1. The molecule has 3 rings (SSSR count). The number of hydrogen-bond acceptors (Lipinski definition) is 4. The van der Waals surface area contributed by atoms with Crippen LogP contribution in [0.4, 0.5) is 5.69 Å². The van der Waals surface area contributed by atoms with Crippen LogP contribution >= 0.6 is 58.6 Å². The summed E-state index contributed by atoms with van der Waals surface area (Å²) in [4.78, 5) is 12.1. The molecule has 3 N–H and O–H groups in total. The van der Waals surface area contributed by atoms with Gasteiger partial charge in [0, 0.05) is 21.7 Å². The van der Waals surface area contributed by atoms with E-state index in [1.807, 2.05) is 0 Å². The largest absolute Gasteiger partial charge is 0.504 e. The highest BCUT2D eigenvalue weighted by Gasteiger charge is 2.11. The van der Waals surface area contributed by atoms with E-state index in [4.69, 9.17) is 63.0 Å². The van der Waals surface area contributed by atoms with Crippen molar-refractivity contribution in [3.8, 4) is 17.1 Å². The number of furan rings is 1. The summed E-state index contributed by atoms with van der Waals surface area (Å²) in [7, 11) is 0. The second kappa shape index (κ2) is 9.73. The summed E-state index contributed by atoms with van der Waals surface area (Å²) >= 11 is 28.9. The molecule has 0 aliphatic carbocycles. The molecule has 2 aromatic carbocycles. The molecule has 154 valence electrons. The minimum Gasteiger partial charge on any atom is -0.504 e. The Morgan fingerprint density at radius 3 is 2.47 bits per heavy atom. The van der Waals surface area contributed by atoms with E-state index >= 15 is 0 Å². The SMILES string of the molecule is O=C(/C=C/c1ccc(-c2ccc(Cl)cc2Cl)o1)NC(=S)Nc1cc(Cl)cc(Cl)c1O. The number of nitrogens with one attached hydrogen (secondary N) is 2. The molecule has 10 heteroatoms. The number of phenols is 1. The van der Waals surface area contributed by atoms with Crippen molar-refractivity contribution >= 4 is 81.4 Å². The predicted molar refractivity (Wildman–Crippen MR) is 126 cm³/mol. The van der Waals surface area contributed by atoms with Crippen LogP contribution in [-0.4, -0.2) is 16.1 Å². The van der Waals surface area contributed by atoms with E-state index in [0.717, 1.165) is 0 Å². The van der Waals surface area contributed by atoms with Gasteiger partial charge in [-0.05, 0) is 60.8 Å². The van der Waals surface area contributed by atoms with Gasteiger partial charge in [0.25, 0.3) is 0 Å². The van der Waals surface area contributed by atoms with Crippen molar-refractivity contribution in [3.05, 3.63) is 74.4 Å². The number of hydrogen-bond donors (Lipinski definition) is 3. The lowest BCUT2D eigenvalue weighted by Crippen LogP contribution is -2.32. The molecule has 0 unspecified atom stereocenters. The first-order chi connectivity index (χ1) is 14.2. The molecule has 1 heterocycles. The van der Waals surface area contributed by atoms with Crippen molar-refractivity contribution in [2.24, 2.45) is 0 Å². The average molecular weight is 502 g/mol. The Balaban J connectivity index is 1.62. The van der Waals surface area contributed by atoms with Crippen molar-refractivity contribution in [3.63, 3.8) is 0 Å². The van der Waals surface area contributed by atoms with Crippen molar-refractivity contribution in [2.45, 2.75) is 0 Å². The lowest BCUT2D eigenvalue weighted by molar-refractivity contribution is -0.115. The van der Waals surface area contributed by atoms with E-state index in [1.165, 1.54) is 24.3 Å². The summed E-state index contributed by atoms with van der Waals surface area (Å²) in [5.41, 5.74) is 0.841. The molecule has 1 amide bonds. The zero-order valence-corrected chi connectivity index (χ0v) is 18.7. The molecule has 0 spiro atoms. The van der Waals surface area contributed by atoms with Gasteiger partial charge in [-0.15, -0.1) is 0 Å². The summed E-state index contributed by atoms with van der Waals surface area (Å²) < 4.78 is 5.68. The van der Waals surface area contributed by atoms with Crippen LogP contribution in [0.25, 0.3) is 17.4 Å². The summed E-state index contributed by atoms with van der Waals surface area (Å²) in [6, 6.07) is 11.3. The van der Waals surface area contributed by atoms with Gasteiger partial charge in [-0.25, -0.2) is 0 Å². The Morgan fingerprint density at radius 2 is 1.73 bits per heavy atom. The molecule has 0 atom stereocenters. The molecule has 0 saturated heterocycles. The summed E-state index contributed by atoms with van der Waals surface area (Å²) in [5.74, 6) is 0.214. The van der Waals surface area contributed by atoms with Crippen LogP contribution in [0.2, 0.25) is 20.1 Å². The number of aromatic hydroxyl groups is 1. The maximum absolute atomic E-state index is 12.1. The van der Waals surface area contributed by atoms with Gasteiger partial charge in [0.2, 0.25) is 5.91 Å². The molecule has 0 bridgehead atoms. The standard InChI is InChI=1S/C20H12Cl4N2O3S/c21-10-1-4-13(14(23)7-10)17-5-2-12(29-17)3-6-18(27)26-20(30)25-16-9-11(22)8-15(24)19(16)28/h1-9,28H,(H2,25,26,27,30)/b6-3+. The quantitative estimate of drug-likeness (QED) is 0.208. The van der Waals surface area contributed by atoms with Gasteiger partial charge in [0.05, 0.1) is 15.7 Å². The minimum absolute atomic E-state index is 0.0495. The van der Waals surface area contributed by atoms with Crippen LogP contribution in [0.3, 0.4) is 0 Å². The Morgan fingerprint density at radius 1 is 1.00 bits per heavy atom. The van der Waals surface area contributed by atoms with Crippen molar-refractivity contribution in [2.75, 3.05) is 5.32 Å². The van der Waals surface area contributed by atoms with Gasteiger partial charge in [-0.1, -0.05) is 46.4 Å². The molecule has 1 aromatic heterocycles. The highest BCUT2D eigenvalue weighted by atomic mass is 35.5. The van der Waals surface area contributed by atoms with Crippen LogP contribution < -0.4 is 10.6 Å². The maximum Gasteiger partial charge on any atom is 0.250 e. The number of thiocarbonyl (C=S) groups is 1. The van der Waals surface area contributed by atoms with Crippen LogP contribution in [0.5, 0.6) is 5.75 Å². The van der Waals surface area contributed by atoms with Gasteiger partial charge in [-0.3, -0.25) is 10.1 Å². The van der Waals surface area contributed by atoms with E-state index in [-0.39, 0.29) is 21.6 Å². The van der Waals surface area contributed by atoms with Crippen LogP contribution in [0, 0.1) is 0 Å². The number of halogens is 4. The first-order valence-electron chi connectivity index (χ1n) is 8.26. The van der Waals surface area contributed by atoms with Crippen molar-refractivity contribution < 1.29 is 14.3 Å². The second-order valence-electron chi connectivity index (χ2n) is 5.89. The molecule has 0 saturated carbocycles. The van der Waals surface area contributed by atoms with Gasteiger partial charge in [-0.2, -0.15) is 0 Å². The normalized spacial score (nSPS) is 10.9. The Labute approximate surface area is 197 Å². The zero-order valence-electron chi connectivity index (χ0n) is 14.9. The summed E-state index contributed by atoms with van der Waals surface area (Å²) in [6.45, 7) is 0. The molecular weight excluding hydrogens is 490 g/mol. The fourth-order valence-corrected chi connectivity index (χ4v) is 3.61. The van der Waals surface area contributed by atoms with Gasteiger partial charge >= 0.3 is 0 Å². The monoisotopic (exact) mass is 500 g/mol. The molecule has 30 heavy (non-hydrogen) atoms. The van der Waals surface area contributed by atoms with E-state index in [1.54, 1.807) is 30.3 Å². The van der Waals surface area contributed by atoms with E-state index in [0.29, 0.717) is 32.2 Å². The first-order valence-corrected chi connectivity index (χ1v) is 10.2. The topological polar surface area (TPSA) is 74.5 Å². The number of phenolic OH excluding ortho intramolecular Hbond substituents is 1. The third-order valence-corrected chi connectivity index (χ3v) is 4.99. The number of carbonyl (C=O) groups is 1. The van der Waals surface area contributed by atoms with Crippen LogP contribution in [0.1, 0.15) is 5.76 Å². The van der Waals surface area contributed by atoms with Gasteiger partial charge in [0.15, 0.2) is 10.9 Å². The Hall–Kier alpha value is -2.22. The Kier molecular flexibility index (Phi) is 7.28. The molecule has 0 radical (unpaired) electrons.